The highest BCUT2D eigenvalue weighted by Crippen LogP contribution is 2.35. The maximum atomic E-state index is 15.1. The summed E-state index contributed by atoms with van der Waals surface area (Å²) in [6.45, 7) is 4.83. The predicted molar refractivity (Wildman–Crippen MR) is 132 cm³/mol. The zero-order chi connectivity index (χ0) is 32.4. The maximum absolute atomic E-state index is 15.1. The second kappa shape index (κ2) is 16.0. The quantitative estimate of drug-likeness (QED) is 0.0993. The lowest BCUT2D eigenvalue weighted by Gasteiger charge is -2.47. The topological polar surface area (TPSA) is 234 Å². The first kappa shape index (κ1) is 35.1. The van der Waals surface area contributed by atoms with E-state index in [-0.39, 0.29) is 0 Å². The molecule has 0 spiro atoms. The highest BCUT2D eigenvalue weighted by Gasteiger charge is 2.56. The second-order valence-electron chi connectivity index (χ2n) is 9.27. The first-order valence-corrected chi connectivity index (χ1v) is 12.7. The zero-order valence-electron chi connectivity index (χ0n) is 24.0. The Morgan fingerprint density at radius 2 is 1.12 bits per heavy atom. The molecule has 0 amide bonds. The Bertz CT molecular complexity index is 1120. The third-order valence-electron chi connectivity index (χ3n) is 5.78. The minimum absolute atomic E-state index is 0.572. The second-order valence-corrected chi connectivity index (χ2v) is 9.27. The molecule has 43 heavy (non-hydrogen) atoms. The average Bonchev–Trinajstić information content (AvgIpc) is 2.87. The minimum Gasteiger partial charge on any atom is -0.463 e. The van der Waals surface area contributed by atoms with Crippen molar-refractivity contribution < 1.29 is 75.8 Å². The van der Waals surface area contributed by atoms with E-state index in [4.69, 9.17) is 42.6 Å². The van der Waals surface area contributed by atoms with Gasteiger partial charge in [0.2, 0.25) is 6.36 Å². The van der Waals surface area contributed by atoms with Gasteiger partial charge in [0, 0.05) is 46.5 Å². The largest absolute Gasteiger partial charge is 0.463 e. The Hall–Kier alpha value is -4.06. The van der Waals surface area contributed by atoms with Gasteiger partial charge in [0.1, 0.15) is 37.6 Å². The summed E-state index contributed by atoms with van der Waals surface area (Å²) in [4.78, 5) is 73.7. The molecule has 0 aromatic heterocycles. The van der Waals surface area contributed by atoms with E-state index in [1.54, 1.807) is 0 Å². The van der Waals surface area contributed by atoms with E-state index in [9.17, 15) is 34.3 Å². The summed E-state index contributed by atoms with van der Waals surface area (Å²) in [5, 5.41) is 3.57. The molecule has 0 aromatic carbocycles. The van der Waals surface area contributed by atoms with Crippen LogP contribution in [0, 0.1) is 0 Å². The molecule has 19 heteroatoms. The molecule has 240 valence electrons. The lowest BCUT2D eigenvalue weighted by atomic mass is 9.95. The van der Waals surface area contributed by atoms with E-state index < -0.39 is 110 Å². The molecular formula is C24H32FN3O15. The standard InChI is InChI=1S/C24H32FN3O15/c1-9(29)35-7-15-17(27-28-26)19(37-11(3)31)22(40-14(6)34)24(42-15)43-18-16(8-36-10(2)30)41-23(25)21(39-13(5)33)20(18)38-12(4)32/h15-24H,7-8H2,1-6H3. The molecule has 2 aliphatic heterocycles. The van der Waals surface area contributed by atoms with Crippen LogP contribution in [0.5, 0.6) is 0 Å². The Morgan fingerprint density at radius 1 is 0.651 bits per heavy atom. The number of esters is 6. The number of nitrogens with zero attached hydrogens (tertiary/aromatic N) is 3. The van der Waals surface area contributed by atoms with E-state index in [2.05, 4.69) is 10.0 Å². The fourth-order valence-electron chi connectivity index (χ4n) is 4.34. The molecule has 10 atom stereocenters. The van der Waals surface area contributed by atoms with Gasteiger partial charge in [-0.15, -0.1) is 0 Å². The number of ether oxygens (including phenoxy) is 9. The van der Waals surface area contributed by atoms with Crippen molar-refractivity contribution >= 4 is 35.8 Å². The molecule has 2 saturated heterocycles. The molecule has 2 rings (SSSR count). The van der Waals surface area contributed by atoms with Gasteiger partial charge < -0.3 is 42.6 Å². The summed E-state index contributed by atoms with van der Waals surface area (Å²) in [6, 6.07) is -1.44. The van der Waals surface area contributed by atoms with Crippen LogP contribution < -0.4 is 0 Å². The summed E-state index contributed by atoms with van der Waals surface area (Å²) in [7, 11) is 0. The Balaban J connectivity index is 2.65. The van der Waals surface area contributed by atoms with Crippen molar-refractivity contribution in [1.82, 2.24) is 0 Å². The van der Waals surface area contributed by atoms with E-state index in [1.165, 1.54) is 0 Å². The normalized spacial score (nSPS) is 31.8. The van der Waals surface area contributed by atoms with Gasteiger partial charge in [-0.05, 0) is 5.53 Å². The maximum Gasteiger partial charge on any atom is 0.303 e. The van der Waals surface area contributed by atoms with Gasteiger partial charge in [-0.2, -0.15) is 0 Å². The van der Waals surface area contributed by atoms with Crippen LogP contribution in [0.1, 0.15) is 41.5 Å². The third-order valence-corrected chi connectivity index (χ3v) is 5.78. The Kier molecular flexibility index (Phi) is 13.0. The minimum atomic E-state index is -2.40. The van der Waals surface area contributed by atoms with Crippen molar-refractivity contribution in [1.29, 1.82) is 0 Å². The number of hydrogen-bond donors (Lipinski definition) is 0. The van der Waals surface area contributed by atoms with Crippen LogP contribution in [0.2, 0.25) is 0 Å². The van der Waals surface area contributed by atoms with Gasteiger partial charge in [-0.1, -0.05) is 5.11 Å². The van der Waals surface area contributed by atoms with Crippen molar-refractivity contribution in [3.8, 4) is 0 Å². The van der Waals surface area contributed by atoms with Crippen LogP contribution >= 0.6 is 0 Å². The van der Waals surface area contributed by atoms with Crippen LogP contribution in [0.4, 0.5) is 4.39 Å². The monoisotopic (exact) mass is 621 g/mol. The first-order chi connectivity index (χ1) is 20.1. The molecule has 0 aromatic rings. The molecule has 0 saturated carbocycles. The molecule has 0 aliphatic carbocycles. The Labute approximate surface area is 243 Å². The van der Waals surface area contributed by atoms with E-state index in [1.807, 2.05) is 0 Å². The van der Waals surface area contributed by atoms with Crippen molar-refractivity contribution in [3.63, 3.8) is 0 Å². The number of carbonyl (C=O) groups excluding carboxylic acids is 6. The smallest absolute Gasteiger partial charge is 0.303 e. The fraction of sp³-hybridized carbons (Fsp3) is 0.750. The van der Waals surface area contributed by atoms with Crippen molar-refractivity contribution in [2.24, 2.45) is 5.11 Å². The van der Waals surface area contributed by atoms with Crippen LogP contribution in [0.15, 0.2) is 5.11 Å². The lowest BCUT2D eigenvalue weighted by molar-refractivity contribution is -0.341. The number of halogens is 1. The van der Waals surface area contributed by atoms with Gasteiger partial charge in [-0.25, -0.2) is 4.39 Å². The SMILES string of the molecule is CC(=O)OCC1OC(OC2C(COC(C)=O)OC(F)C(OC(C)=O)C2OC(C)=O)C(OC(C)=O)C(OC(C)=O)C1N=[N+]=[N-]. The summed E-state index contributed by atoms with van der Waals surface area (Å²) < 4.78 is 63.1. The van der Waals surface area contributed by atoms with Gasteiger partial charge >= 0.3 is 35.8 Å². The summed E-state index contributed by atoms with van der Waals surface area (Å²) in [6.07, 6.45) is -15.8. The van der Waals surface area contributed by atoms with Crippen LogP contribution in [-0.2, 0) is 71.4 Å². The fourth-order valence-corrected chi connectivity index (χ4v) is 4.34. The number of alkyl halides is 1. The lowest BCUT2D eigenvalue weighted by Crippen LogP contribution is -2.66. The molecule has 2 heterocycles. The van der Waals surface area contributed by atoms with Crippen molar-refractivity contribution in [2.45, 2.75) is 103 Å². The average molecular weight is 622 g/mol. The number of rotatable bonds is 11. The molecule has 2 fully saturated rings. The van der Waals surface area contributed by atoms with E-state index in [0.29, 0.717) is 0 Å². The van der Waals surface area contributed by atoms with Gasteiger partial charge in [-0.3, -0.25) is 28.8 Å². The molecule has 0 bridgehead atoms. The molecular weight excluding hydrogens is 589 g/mol. The van der Waals surface area contributed by atoms with Gasteiger partial charge in [0.25, 0.3) is 0 Å². The molecule has 18 nitrogen and oxygen atoms in total. The van der Waals surface area contributed by atoms with Crippen LogP contribution in [0.3, 0.4) is 0 Å². The number of carbonyl (C=O) groups is 6. The van der Waals surface area contributed by atoms with E-state index >= 15 is 4.39 Å². The van der Waals surface area contributed by atoms with E-state index in [0.717, 1.165) is 41.5 Å². The molecule has 0 radical (unpaired) electrons. The molecule has 10 unspecified atom stereocenters. The summed E-state index contributed by atoms with van der Waals surface area (Å²) >= 11 is 0. The van der Waals surface area contributed by atoms with Gasteiger partial charge in [0.05, 0.1) is 0 Å². The van der Waals surface area contributed by atoms with Crippen molar-refractivity contribution in [2.75, 3.05) is 13.2 Å². The Morgan fingerprint density at radius 3 is 1.60 bits per heavy atom. The predicted octanol–water partition coefficient (Wildman–Crippen LogP) is 0.323. The first-order valence-electron chi connectivity index (χ1n) is 12.7. The van der Waals surface area contributed by atoms with Crippen molar-refractivity contribution in [3.05, 3.63) is 10.4 Å². The molecule has 0 N–H and O–H groups in total. The van der Waals surface area contributed by atoms with Crippen LogP contribution in [0.25, 0.3) is 10.4 Å². The summed E-state index contributed by atoms with van der Waals surface area (Å²) in [5.41, 5.74) is 9.18. The third kappa shape index (κ3) is 10.3. The van der Waals surface area contributed by atoms with Crippen LogP contribution in [-0.4, -0.2) is 110 Å². The zero-order valence-corrected chi connectivity index (χ0v) is 24.0. The summed E-state index contributed by atoms with van der Waals surface area (Å²) in [5.74, 6) is -5.36. The van der Waals surface area contributed by atoms with Gasteiger partial charge in [0.15, 0.2) is 30.7 Å². The number of hydrogen-bond acceptors (Lipinski definition) is 16. The highest BCUT2D eigenvalue weighted by molar-refractivity contribution is 5.68. The number of azide groups is 1. The highest BCUT2D eigenvalue weighted by atomic mass is 19.1. The molecule has 2 aliphatic rings.